The Balaban J connectivity index is 1.26. The molecule has 4 rings (SSSR count). The lowest BCUT2D eigenvalue weighted by molar-refractivity contribution is -0.133. The van der Waals surface area contributed by atoms with Crippen molar-refractivity contribution >= 4 is 17.5 Å². The maximum atomic E-state index is 12.9. The van der Waals surface area contributed by atoms with Gasteiger partial charge in [-0.15, -0.1) is 10.2 Å². The van der Waals surface area contributed by atoms with Crippen LogP contribution < -0.4 is 14.5 Å². The van der Waals surface area contributed by atoms with Crippen LogP contribution in [0.2, 0.25) is 0 Å². The molecule has 0 bridgehead atoms. The van der Waals surface area contributed by atoms with E-state index in [1.807, 2.05) is 6.07 Å². The highest BCUT2D eigenvalue weighted by molar-refractivity contribution is 5.78. The lowest BCUT2D eigenvalue weighted by Gasteiger charge is -2.36. The van der Waals surface area contributed by atoms with Gasteiger partial charge in [-0.2, -0.15) is 0 Å². The second kappa shape index (κ2) is 9.28. The Morgan fingerprint density at radius 2 is 1.70 bits per heavy atom. The Morgan fingerprint density at radius 3 is 2.37 bits per heavy atom. The molecule has 1 atom stereocenters. The SMILES string of the molecule is CC1CCCCN1c1ccc(N2CCN(C(=O)COc3ccc(F)cc3)CC2)nn1. The third-order valence-corrected chi connectivity index (χ3v) is 5.87. The molecule has 2 saturated heterocycles. The summed E-state index contributed by atoms with van der Waals surface area (Å²) in [4.78, 5) is 18.7. The first-order valence-corrected chi connectivity index (χ1v) is 10.6. The zero-order valence-electron chi connectivity index (χ0n) is 17.3. The number of aromatic nitrogens is 2. The van der Waals surface area contributed by atoms with Crippen molar-refractivity contribution in [1.29, 1.82) is 0 Å². The van der Waals surface area contributed by atoms with E-state index in [2.05, 4.69) is 33.0 Å². The van der Waals surface area contributed by atoms with Crippen molar-refractivity contribution in [2.24, 2.45) is 0 Å². The summed E-state index contributed by atoms with van der Waals surface area (Å²) >= 11 is 0. The summed E-state index contributed by atoms with van der Waals surface area (Å²) < 4.78 is 18.4. The van der Waals surface area contributed by atoms with Crippen molar-refractivity contribution in [1.82, 2.24) is 15.1 Å². The maximum Gasteiger partial charge on any atom is 0.260 e. The number of carbonyl (C=O) groups is 1. The molecule has 0 radical (unpaired) electrons. The number of amides is 1. The average molecular weight is 413 g/mol. The highest BCUT2D eigenvalue weighted by atomic mass is 19.1. The van der Waals surface area contributed by atoms with Crippen LogP contribution >= 0.6 is 0 Å². The maximum absolute atomic E-state index is 12.9. The summed E-state index contributed by atoms with van der Waals surface area (Å²) in [5.41, 5.74) is 0. The van der Waals surface area contributed by atoms with Gasteiger partial charge in [-0.05, 0) is 62.6 Å². The van der Waals surface area contributed by atoms with Gasteiger partial charge in [0.05, 0.1) is 0 Å². The Bertz CT molecular complexity index is 838. The summed E-state index contributed by atoms with van der Waals surface area (Å²) in [6.07, 6.45) is 3.68. The smallest absolute Gasteiger partial charge is 0.260 e. The molecule has 8 heteroatoms. The quantitative estimate of drug-likeness (QED) is 0.751. The highest BCUT2D eigenvalue weighted by Gasteiger charge is 2.24. The van der Waals surface area contributed by atoms with E-state index in [9.17, 15) is 9.18 Å². The molecule has 0 spiro atoms. The van der Waals surface area contributed by atoms with Crippen LogP contribution in [0.15, 0.2) is 36.4 Å². The number of benzene rings is 1. The first-order chi connectivity index (χ1) is 14.6. The predicted octanol–water partition coefficient (Wildman–Crippen LogP) is 2.72. The molecule has 2 aromatic rings. The number of nitrogens with zero attached hydrogens (tertiary/aromatic N) is 5. The number of piperazine rings is 1. The van der Waals surface area contributed by atoms with Crippen LogP contribution in [0.1, 0.15) is 26.2 Å². The number of halogens is 1. The molecule has 0 saturated carbocycles. The molecule has 7 nitrogen and oxygen atoms in total. The van der Waals surface area contributed by atoms with Crippen LogP contribution in [0, 0.1) is 5.82 Å². The van der Waals surface area contributed by atoms with E-state index in [1.54, 1.807) is 4.90 Å². The number of carbonyl (C=O) groups excluding carboxylic acids is 1. The molecular formula is C22H28FN5O2. The van der Waals surface area contributed by atoms with Crippen LogP contribution in [0.25, 0.3) is 0 Å². The second-order valence-corrected chi connectivity index (χ2v) is 7.90. The number of hydrogen-bond acceptors (Lipinski definition) is 6. The molecule has 160 valence electrons. The summed E-state index contributed by atoms with van der Waals surface area (Å²) in [5.74, 6) is 1.88. The standard InChI is InChI=1S/C22H28FN5O2/c1-17-4-2-3-11-28(17)21-10-9-20(24-25-21)26-12-14-27(15-13-26)22(29)16-30-19-7-5-18(23)6-8-19/h5-10,17H,2-4,11-16H2,1H3. The average Bonchev–Trinajstić information content (AvgIpc) is 2.79. The van der Waals surface area contributed by atoms with E-state index in [0.717, 1.165) is 18.2 Å². The van der Waals surface area contributed by atoms with Gasteiger partial charge in [-0.3, -0.25) is 4.79 Å². The zero-order valence-corrected chi connectivity index (χ0v) is 17.3. The summed E-state index contributed by atoms with van der Waals surface area (Å²) in [5, 5.41) is 8.90. The van der Waals surface area contributed by atoms with E-state index >= 15 is 0 Å². The van der Waals surface area contributed by atoms with Gasteiger partial charge in [0.1, 0.15) is 11.6 Å². The monoisotopic (exact) mass is 413 g/mol. The molecule has 2 aliphatic rings. The molecule has 1 amide bonds. The first kappa shape index (κ1) is 20.4. The van der Waals surface area contributed by atoms with E-state index in [4.69, 9.17) is 4.74 Å². The summed E-state index contributed by atoms with van der Waals surface area (Å²) in [6, 6.07) is 10.3. The predicted molar refractivity (Wildman–Crippen MR) is 113 cm³/mol. The van der Waals surface area contributed by atoms with E-state index in [-0.39, 0.29) is 18.3 Å². The van der Waals surface area contributed by atoms with Crippen molar-refractivity contribution in [3.63, 3.8) is 0 Å². The molecule has 2 aliphatic heterocycles. The van der Waals surface area contributed by atoms with Crippen LogP contribution in [-0.4, -0.2) is 66.4 Å². The summed E-state index contributed by atoms with van der Waals surface area (Å²) in [7, 11) is 0. The van der Waals surface area contributed by atoms with E-state index in [1.165, 1.54) is 43.5 Å². The number of rotatable bonds is 5. The minimum Gasteiger partial charge on any atom is -0.484 e. The van der Waals surface area contributed by atoms with E-state index in [0.29, 0.717) is 38.0 Å². The first-order valence-electron chi connectivity index (χ1n) is 10.6. The topological polar surface area (TPSA) is 61.8 Å². The van der Waals surface area contributed by atoms with Crippen molar-refractivity contribution in [2.75, 3.05) is 49.1 Å². The molecule has 30 heavy (non-hydrogen) atoms. The number of anilines is 2. The second-order valence-electron chi connectivity index (χ2n) is 7.90. The minimum atomic E-state index is -0.327. The number of ether oxygens (including phenoxy) is 1. The fraction of sp³-hybridized carbons (Fsp3) is 0.500. The van der Waals surface area contributed by atoms with E-state index < -0.39 is 0 Å². The largest absolute Gasteiger partial charge is 0.484 e. The minimum absolute atomic E-state index is 0.0475. The zero-order chi connectivity index (χ0) is 20.9. The van der Waals surface area contributed by atoms with Gasteiger partial charge < -0.3 is 19.4 Å². The van der Waals surface area contributed by atoms with Gasteiger partial charge in [-0.1, -0.05) is 0 Å². The van der Waals surface area contributed by atoms with Crippen LogP contribution in [0.4, 0.5) is 16.0 Å². The number of piperidine rings is 1. The lowest BCUT2D eigenvalue weighted by Crippen LogP contribution is -2.50. The Labute approximate surface area is 176 Å². The molecular weight excluding hydrogens is 385 g/mol. The molecule has 1 unspecified atom stereocenters. The number of hydrogen-bond donors (Lipinski definition) is 0. The Morgan fingerprint density at radius 1 is 1.00 bits per heavy atom. The van der Waals surface area contributed by atoms with Crippen molar-refractivity contribution < 1.29 is 13.9 Å². The van der Waals surface area contributed by atoms with Gasteiger partial charge in [0.2, 0.25) is 0 Å². The van der Waals surface area contributed by atoms with Gasteiger partial charge in [0.15, 0.2) is 18.2 Å². The summed E-state index contributed by atoms with van der Waals surface area (Å²) in [6.45, 7) is 5.86. The van der Waals surface area contributed by atoms with Gasteiger partial charge in [0, 0.05) is 38.8 Å². The van der Waals surface area contributed by atoms with Gasteiger partial charge in [0.25, 0.3) is 5.91 Å². The van der Waals surface area contributed by atoms with Gasteiger partial charge in [-0.25, -0.2) is 4.39 Å². The molecule has 0 aliphatic carbocycles. The third kappa shape index (κ3) is 4.80. The molecule has 3 heterocycles. The van der Waals surface area contributed by atoms with Crippen LogP contribution in [-0.2, 0) is 4.79 Å². The van der Waals surface area contributed by atoms with Crippen LogP contribution in [0.3, 0.4) is 0 Å². The lowest BCUT2D eigenvalue weighted by atomic mass is 10.0. The normalized spacial score (nSPS) is 19.7. The van der Waals surface area contributed by atoms with Crippen molar-refractivity contribution in [3.05, 3.63) is 42.2 Å². The van der Waals surface area contributed by atoms with Gasteiger partial charge >= 0.3 is 0 Å². The molecule has 1 aromatic heterocycles. The van der Waals surface area contributed by atoms with Crippen LogP contribution in [0.5, 0.6) is 5.75 Å². The molecule has 0 N–H and O–H groups in total. The fourth-order valence-corrected chi connectivity index (χ4v) is 4.03. The fourth-order valence-electron chi connectivity index (χ4n) is 4.03. The van der Waals surface area contributed by atoms with Crippen molar-refractivity contribution in [3.8, 4) is 5.75 Å². The third-order valence-electron chi connectivity index (χ3n) is 5.87. The Hall–Kier alpha value is -2.90. The molecule has 2 fully saturated rings. The molecule has 1 aromatic carbocycles. The van der Waals surface area contributed by atoms with Crippen molar-refractivity contribution in [2.45, 2.75) is 32.2 Å². The highest BCUT2D eigenvalue weighted by Crippen LogP contribution is 2.23. The Kier molecular flexibility index (Phi) is 6.30.